The van der Waals surface area contributed by atoms with Gasteiger partial charge in [0.2, 0.25) is 0 Å². The molecule has 0 aromatic heterocycles. The third-order valence-electron chi connectivity index (χ3n) is 2.22. The van der Waals surface area contributed by atoms with Crippen LogP contribution in [0.5, 0.6) is 5.75 Å². The summed E-state index contributed by atoms with van der Waals surface area (Å²) in [5.74, 6) is 0.855. The molecular formula is C12H18O3. The van der Waals surface area contributed by atoms with Gasteiger partial charge in [0.05, 0.1) is 0 Å². The lowest BCUT2D eigenvalue weighted by Gasteiger charge is -2.14. The lowest BCUT2D eigenvalue weighted by molar-refractivity contribution is -0.121. The fourth-order valence-electron chi connectivity index (χ4n) is 1.25. The smallest absolute Gasteiger partial charge is 0.191 e. The topological polar surface area (TPSA) is 27.7 Å². The van der Waals surface area contributed by atoms with Crippen LogP contribution >= 0.6 is 0 Å². The second-order valence-electron chi connectivity index (χ2n) is 3.21. The number of methoxy groups -OCH3 is 2. The molecule has 0 N–H and O–H groups in total. The molecule has 3 heteroatoms. The zero-order valence-corrected chi connectivity index (χ0v) is 9.53. The van der Waals surface area contributed by atoms with Crippen molar-refractivity contribution in [3.8, 4) is 5.75 Å². The Morgan fingerprint density at radius 3 is 2.53 bits per heavy atom. The molecule has 0 unspecified atom stereocenters. The molecular weight excluding hydrogens is 192 g/mol. The van der Waals surface area contributed by atoms with Crippen LogP contribution in [0, 0.1) is 0 Å². The Kier molecular flexibility index (Phi) is 5.15. The Bertz CT molecular complexity index is 282. The minimum atomic E-state index is -0.310. The molecule has 0 atom stereocenters. The molecule has 0 fully saturated rings. The van der Waals surface area contributed by atoms with Crippen LogP contribution in [0.1, 0.15) is 12.5 Å². The Labute approximate surface area is 91.0 Å². The molecule has 0 aliphatic rings. The molecule has 0 aliphatic carbocycles. The first-order valence-corrected chi connectivity index (χ1v) is 5.07. The van der Waals surface area contributed by atoms with Crippen LogP contribution in [0.4, 0.5) is 0 Å². The first-order chi connectivity index (χ1) is 7.30. The van der Waals surface area contributed by atoms with Gasteiger partial charge in [-0.15, -0.1) is 0 Å². The van der Waals surface area contributed by atoms with E-state index in [4.69, 9.17) is 14.2 Å². The summed E-state index contributed by atoms with van der Waals surface area (Å²) in [7, 11) is 3.19. The van der Waals surface area contributed by atoms with Crippen LogP contribution in [-0.2, 0) is 15.9 Å². The second kappa shape index (κ2) is 6.43. The van der Waals surface area contributed by atoms with E-state index in [1.807, 2.05) is 18.2 Å². The van der Waals surface area contributed by atoms with Crippen molar-refractivity contribution in [2.24, 2.45) is 0 Å². The van der Waals surface area contributed by atoms with Crippen LogP contribution in [0.2, 0.25) is 0 Å². The molecule has 0 radical (unpaired) electrons. The normalized spacial score (nSPS) is 10.7. The monoisotopic (exact) mass is 210 g/mol. The molecule has 0 amide bonds. The Hall–Kier alpha value is -1.06. The van der Waals surface area contributed by atoms with Gasteiger partial charge in [-0.1, -0.05) is 19.1 Å². The van der Waals surface area contributed by atoms with Crippen LogP contribution in [-0.4, -0.2) is 27.1 Å². The van der Waals surface area contributed by atoms with Crippen LogP contribution < -0.4 is 4.74 Å². The summed E-state index contributed by atoms with van der Waals surface area (Å²) >= 11 is 0. The maximum atomic E-state index is 5.54. The molecule has 3 nitrogen and oxygen atoms in total. The zero-order valence-electron chi connectivity index (χ0n) is 9.53. The number of hydrogen-bond donors (Lipinski definition) is 0. The SMILES string of the molecule is CCc1cccc(OCC(OC)OC)c1. The lowest BCUT2D eigenvalue weighted by Crippen LogP contribution is -2.22. The third-order valence-corrected chi connectivity index (χ3v) is 2.22. The van der Waals surface area contributed by atoms with Gasteiger partial charge in [0.1, 0.15) is 12.4 Å². The van der Waals surface area contributed by atoms with Crippen molar-refractivity contribution in [2.45, 2.75) is 19.6 Å². The van der Waals surface area contributed by atoms with Gasteiger partial charge >= 0.3 is 0 Å². The summed E-state index contributed by atoms with van der Waals surface area (Å²) in [4.78, 5) is 0. The van der Waals surface area contributed by atoms with Gasteiger partial charge in [0.15, 0.2) is 6.29 Å². The van der Waals surface area contributed by atoms with E-state index in [9.17, 15) is 0 Å². The first-order valence-electron chi connectivity index (χ1n) is 5.07. The average Bonchev–Trinajstić information content (AvgIpc) is 2.31. The minimum Gasteiger partial charge on any atom is -0.488 e. The highest BCUT2D eigenvalue weighted by molar-refractivity contribution is 5.28. The van der Waals surface area contributed by atoms with Gasteiger partial charge in [0, 0.05) is 14.2 Å². The van der Waals surface area contributed by atoms with E-state index in [2.05, 4.69) is 13.0 Å². The highest BCUT2D eigenvalue weighted by Crippen LogP contribution is 2.14. The van der Waals surface area contributed by atoms with Crippen LogP contribution in [0.25, 0.3) is 0 Å². The summed E-state index contributed by atoms with van der Waals surface area (Å²) in [5.41, 5.74) is 1.26. The fraction of sp³-hybridized carbons (Fsp3) is 0.500. The van der Waals surface area contributed by atoms with Gasteiger partial charge in [-0.3, -0.25) is 0 Å². The van der Waals surface area contributed by atoms with E-state index in [1.165, 1.54) is 5.56 Å². The highest BCUT2D eigenvalue weighted by Gasteiger charge is 2.05. The molecule has 1 aromatic carbocycles. The maximum absolute atomic E-state index is 5.54. The quantitative estimate of drug-likeness (QED) is 0.674. The van der Waals surface area contributed by atoms with Crippen molar-refractivity contribution < 1.29 is 14.2 Å². The van der Waals surface area contributed by atoms with Crippen molar-refractivity contribution in [1.82, 2.24) is 0 Å². The number of aryl methyl sites for hydroxylation is 1. The predicted molar refractivity (Wildman–Crippen MR) is 59.1 cm³/mol. The van der Waals surface area contributed by atoms with Crippen molar-refractivity contribution in [1.29, 1.82) is 0 Å². The molecule has 0 saturated heterocycles. The molecule has 1 rings (SSSR count). The van der Waals surface area contributed by atoms with Crippen molar-refractivity contribution in [2.75, 3.05) is 20.8 Å². The number of hydrogen-bond acceptors (Lipinski definition) is 3. The summed E-state index contributed by atoms with van der Waals surface area (Å²) < 4.78 is 15.6. The standard InChI is InChI=1S/C12H18O3/c1-4-10-6-5-7-11(8-10)15-9-12(13-2)14-3/h5-8,12H,4,9H2,1-3H3. The van der Waals surface area contributed by atoms with Gasteiger partial charge in [-0.05, 0) is 24.1 Å². The minimum absolute atomic E-state index is 0.310. The van der Waals surface area contributed by atoms with Crippen molar-refractivity contribution in [3.63, 3.8) is 0 Å². The molecule has 15 heavy (non-hydrogen) atoms. The number of ether oxygens (including phenoxy) is 3. The first kappa shape index (κ1) is 12.0. The summed E-state index contributed by atoms with van der Waals surface area (Å²) in [6, 6.07) is 8.03. The highest BCUT2D eigenvalue weighted by atomic mass is 16.7. The third kappa shape index (κ3) is 3.90. The van der Waals surface area contributed by atoms with E-state index in [1.54, 1.807) is 14.2 Å². The molecule has 0 spiro atoms. The number of rotatable bonds is 6. The largest absolute Gasteiger partial charge is 0.488 e. The average molecular weight is 210 g/mol. The van der Waals surface area contributed by atoms with E-state index in [-0.39, 0.29) is 6.29 Å². The predicted octanol–water partition coefficient (Wildman–Crippen LogP) is 2.25. The molecule has 0 aliphatic heterocycles. The molecule has 0 heterocycles. The van der Waals surface area contributed by atoms with Gasteiger partial charge in [-0.2, -0.15) is 0 Å². The summed E-state index contributed by atoms with van der Waals surface area (Å²) in [6.07, 6.45) is 0.699. The summed E-state index contributed by atoms with van der Waals surface area (Å²) in [5, 5.41) is 0. The van der Waals surface area contributed by atoms with E-state index >= 15 is 0 Å². The van der Waals surface area contributed by atoms with Gasteiger partial charge in [0.25, 0.3) is 0 Å². The Morgan fingerprint density at radius 1 is 1.20 bits per heavy atom. The van der Waals surface area contributed by atoms with E-state index < -0.39 is 0 Å². The fourth-order valence-corrected chi connectivity index (χ4v) is 1.25. The molecule has 0 saturated carbocycles. The Balaban J connectivity index is 2.49. The molecule has 1 aromatic rings. The second-order valence-corrected chi connectivity index (χ2v) is 3.21. The van der Waals surface area contributed by atoms with Gasteiger partial charge in [-0.25, -0.2) is 0 Å². The number of benzene rings is 1. The molecule has 0 bridgehead atoms. The zero-order chi connectivity index (χ0) is 11.1. The summed E-state index contributed by atoms with van der Waals surface area (Å²) in [6.45, 7) is 2.52. The maximum Gasteiger partial charge on any atom is 0.191 e. The molecule has 84 valence electrons. The van der Waals surface area contributed by atoms with Crippen molar-refractivity contribution >= 4 is 0 Å². The van der Waals surface area contributed by atoms with Gasteiger partial charge < -0.3 is 14.2 Å². The Morgan fingerprint density at radius 2 is 1.93 bits per heavy atom. The van der Waals surface area contributed by atoms with E-state index in [0.29, 0.717) is 6.61 Å². The van der Waals surface area contributed by atoms with E-state index in [0.717, 1.165) is 12.2 Å². The van der Waals surface area contributed by atoms with Crippen LogP contribution in [0.3, 0.4) is 0 Å². The van der Waals surface area contributed by atoms with Crippen LogP contribution in [0.15, 0.2) is 24.3 Å². The lowest BCUT2D eigenvalue weighted by atomic mass is 10.2. The van der Waals surface area contributed by atoms with Crippen molar-refractivity contribution in [3.05, 3.63) is 29.8 Å².